The van der Waals surface area contributed by atoms with E-state index in [0.717, 1.165) is 6.42 Å². The maximum absolute atomic E-state index is 9.69. The Bertz CT molecular complexity index is 263. The lowest BCUT2D eigenvalue weighted by Gasteiger charge is -2.18. The molecule has 0 aromatic rings. The third kappa shape index (κ3) is 6.07. The first kappa shape index (κ1) is 16.7. The van der Waals surface area contributed by atoms with Crippen molar-refractivity contribution in [3.05, 3.63) is 12.7 Å². The van der Waals surface area contributed by atoms with E-state index in [2.05, 4.69) is 13.5 Å². The van der Waals surface area contributed by atoms with Crippen LogP contribution in [0.15, 0.2) is 12.7 Å². The maximum atomic E-state index is 9.69. The van der Waals surface area contributed by atoms with Crippen molar-refractivity contribution in [2.24, 2.45) is 0 Å². The molecule has 1 aliphatic heterocycles. The van der Waals surface area contributed by atoms with Gasteiger partial charge in [-0.15, -0.1) is 6.58 Å². The maximum Gasteiger partial charge on any atom is 0.163 e. The van der Waals surface area contributed by atoms with Gasteiger partial charge >= 0.3 is 0 Å². The number of unbranched alkanes of at least 4 members (excludes halogenated alkanes) is 4. The van der Waals surface area contributed by atoms with Crippen molar-refractivity contribution >= 4 is 0 Å². The van der Waals surface area contributed by atoms with E-state index < -0.39 is 11.9 Å². The molecule has 0 aliphatic carbocycles. The first-order valence-corrected chi connectivity index (χ1v) is 7.64. The third-order valence-corrected chi connectivity index (χ3v) is 3.62. The van der Waals surface area contributed by atoms with E-state index in [-0.39, 0.29) is 12.2 Å². The van der Waals surface area contributed by atoms with Crippen LogP contribution in [0, 0.1) is 0 Å². The zero-order valence-electron chi connectivity index (χ0n) is 12.7. The second-order valence-electron chi connectivity index (χ2n) is 5.95. The quantitative estimate of drug-likeness (QED) is 0.511. The molecule has 0 aromatic heterocycles. The van der Waals surface area contributed by atoms with Crippen LogP contribution in [-0.2, 0) is 9.47 Å². The number of ether oxygens (including phenoxy) is 2. The predicted octanol–water partition coefficient (Wildman–Crippen LogP) is 3.80. The predicted molar refractivity (Wildman–Crippen MR) is 78.0 cm³/mol. The molecule has 1 fully saturated rings. The summed E-state index contributed by atoms with van der Waals surface area (Å²) in [5.74, 6) is -0.528. The molecule has 3 atom stereocenters. The minimum absolute atomic E-state index is 0.0193. The molecule has 3 heteroatoms. The fraction of sp³-hybridized carbons (Fsp3) is 0.875. The van der Waals surface area contributed by atoms with Crippen LogP contribution in [-0.4, -0.2) is 29.2 Å². The Morgan fingerprint density at radius 3 is 2.42 bits per heavy atom. The second kappa shape index (κ2) is 8.03. The van der Waals surface area contributed by atoms with E-state index >= 15 is 0 Å². The molecule has 0 spiro atoms. The van der Waals surface area contributed by atoms with Crippen LogP contribution in [0.2, 0.25) is 0 Å². The molecule has 19 heavy (non-hydrogen) atoms. The molecule has 1 aliphatic rings. The smallest absolute Gasteiger partial charge is 0.163 e. The molecule has 112 valence electrons. The molecule has 0 aromatic carbocycles. The van der Waals surface area contributed by atoms with Gasteiger partial charge < -0.3 is 14.6 Å². The molecule has 1 saturated heterocycles. The zero-order chi connectivity index (χ0) is 14.3. The van der Waals surface area contributed by atoms with Gasteiger partial charge in [0.1, 0.15) is 0 Å². The number of hydrogen-bond donors (Lipinski definition) is 1. The van der Waals surface area contributed by atoms with Crippen molar-refractivity contribution in [3.63, 3.8) is 0 Å². The van der Waals surface area contributed by atoms with Gasteiger partial charge in [-0.05, 0) is 20.3 Å². The second-order valence-corrected chi connectivity index (χ2v) is 5.95. The monoisotopic (exact) mass is 270 g/mol. The van der Waals surface area contributed by atoms with Crippen LogP contribution in [0.25, 0.3) is 0 Å². The average molecular weight is 270 g/mol. The lowest BCUT2D eigenvalue weighted by molar-refractivity contribution is -0.148. The molecular weight excluding hydrogens is 240 g/mol. The molecule has 1 heterocycles. The number of rotatable bonds is 9. The normalized spacial score (nSPS) is 27.4. The van der Waals surface area contributed by atoms with Crippen molar-refractivity contribution in [1.82, 2.24) is 0 Å². The van der Waals surface area contributed by atoms with Gasteiger partial charge in [0.25, 0.3) is 0 Å². The van der Waals surface area contributed by atoms with E-state index in [0.29, 0.717) is 6.42 Å². The Morgan fingerprint density at radius 2 is 1.79 bits per heavy atom. The van der Waals surface area contributed by atoms with Crippen LogP contribution >= 0.6 is 0 Å². The molecule has 0 bridgehead atoms. The summed E-state index contributed by atoms with van der Waals surface area (Å²) in [6, 6.07) is 0. The molecule has 3 nitrogen and oxygen atoms in total. The highest BCUT2D eigenvalue weighted by Gasteiger charge is 2.41. The van der Waals surface area contributed by atoms with Crippen molar-refractivity contribution < 1.29 is 14.6 Å². The van der Waals surface area contributed by atoms with Crippen LogP contribution in [0.3, 0.4) is 0 Å². The lowest BCUT2D eigenvalue weighted by Crippen LogP contribution is -2.26. The molecule has 0 unspecified atom stereocenters. The summed E-state index contributed by atoms with van der Waals surface area (Å²) >= 11 is 0. The Balaban J connectivity index is 2.37. The summed E-state index contributed by atoms with van der Waals surface area (Å²) in [4.78, 5) is 0. The van der Waals surface area contributed by atoms with E-state index in [1.165, 1.54) is 32.1 Å². The van der Waals surface area contributed by atoms with E-state index in [4.69, 9.17) is 9.47 Å². The lowest BCUT2D eigenvalue weighted by atomic mass is 10.0. The highest BCUT2D eigenvalue weighted by molar-refractivity contribution is 4.88. The Morgan fingerprint density at radius 1 is 1.16 bits per heavy atom. The van der Waals surface area contributed by atoms with Crippen molar-refractivity contribution in [3.8, 4) is 0 Å². The molecule has 0 radical (unpaired) electrons. The molecule has 1 N–H and O–H groups in total. The van der Waals surface area contributed by atoms with Gasteiger partial charge in [0.05, 0.1) is 18.3 Å². The van der Waals surface area contributed by atoms with Crippen molar-refractivity contribution in [1.29, 1.82) is 0 Å². The average Bonchev–Trinajstić information content (AvgIpc) is 2.63. The van der Waals surface area contributed by atoms with Gasteiger partial charge in [-0.2, -0.15) is 0 Å². The minimum atomic E-state index is -0.528. The topological polar surface area (TPSA) is 38.7 Å². The highest BCUT2D eigenvalue weighted by Crippen LogP contribution is 2.33. The van der Waals surface area contributed by atoms with E-state index in [1.54, 1.807) is 6.08 Å². The Kier molecular flexibility index (Phi) is 7.05. The molecular formula is C16H30O3. The van der Waals surface area contributed by atoms with Crippen molar-refractivity contribution in [2.45, 2.75) is 89.8 Å². The largest absolute Gasteiger partial charge is 0.389 e. The van der Waals surface area contributed by atoms with Gasteiger partial charge in [0.15, 0.2) is 5.79 Å². The summed E-state index contributed by atoms with van der Waals surface area (Å²) < 4.78 is 11.8. The number of hydrogen-bond acceptors (Lipinski definition) is 3. The molecule has 0 amide bonds. The fourth-order valence-electron chi connectivity index (χ4n) is 2.64. The minimum Gasteiger partial charge on any atom is -0.389 e. The molecule has 0 saturated carbocycles. The van der Waals surface area contributed by atoms with Crippen LogP contribution in [0.4, 0.5) is 0 Å². The summed E-state index contributed by atoms with van der Waals surface area (Å²) in [5, 5.41) is 9.69. The Hall–Kier alpha value is -0.380. The third-order valence-electron chi connectivity index (χ3n) is 3.62. The first-order valence-electron chi connectivity index (χ1n) is 7.64. The summed E-state index contributed by atoms with van der Waals surface area (Å²) in [7, 11) is 0. The van der Waals surface area contributed by atoms with E-state index in [1.807, 2.05) is 13.8 Å². The standard InChI is InChI=1S/C16H30O3/c1-5-7-8-9-10-11-14-15(12-13(17)6-2)19-16(3,4)18-14/h6,13-15,17H,2,5,7-12H2,1,3-4H3/t13-,14-,15-/m1/s1. The van der Waals surface area contributed by atoms with Gasteiger partial charge in [0, 0.05) is 6.42 Å². The summed E-state index contributed by atoms with van der Waals surface area (Å²) in [5.41, 5.74) is 0. The van der Waals surface area contributed by atoms with Crippen molar-refractivity contribution in [2.75, 3.05) is 0 Å². The SMILES string of the molecule is C=C[C@@H](O)C[C@H]1OC(C)(C)O[C@@H]1CCCCCCC. The van der Waals surface area contributed by atoms with Gasteiger partial charge in [-0.3, -0.25) is 0 Å². The summed E-state index contributed by atoms with van der Waals surface area (Å²) in [6.07, 6.45) is 9.03. The van der Waals surface area contributed by atoms with Crippen LogP contribution < -0.4 is 0 Å². The highest BCUT2D eigenvalue weighted by atomic mass is 16.7. The number of aliphatic hydroxyl groups excluding tert-OH is 1. The van der Waals surface area contributed by atoms with Gasteiger partial charge in [-0.1, -0.05) is 45.1 Å². The van der Waals surface area contributed by atoms with Crippen LogP contribution in [0.5, 0.6) is 0 Å². The van der Waals surface area contributed by atoms with Gasteiger partial charge in [0.2, 0.25) is 0 Å². The first-order chi connectivity index (χ1) is 8.98. The van der Waals surface area contributed by atoms with Crippen LogP contribution in [0.1, 0.15) is 65.7 Å². The van der Waals surface area contributed by atoms with E-state index in [9.17, 15) is 5.11 Å². The Labute approximate surface area is 118 Å². The fourth-order valence-corrected chi connectivity index (χ4v) is 2.64. The molecule has 1 rings (SSSR count). The number of aliphatic hydroxyl groups is 1. The summed E-state index contributed by atoms with van der Waals surface area (Å²) in [6.45, 7) is 9.72. The van der Waals surface area contributed by atoms with Gasteiger partial charge in [-0.25, -0.2) is 0 Å². The zero-order valence-corrected chi connectivity index (χ0v) is 12.7.